The molecule has 0 spiro atoms. The van der Waals surface area contributed by atoms with Crippen LogP contribution < -0.4 is 27.6 Å². The molecule has 4 rings (SSSR count). The zero-order valence-corrected chi connectivity index (χ0v) is 17.2. The smallest absolute Gasteiger partial charge is 0.396 e. The molecule has 1 aliphatic heterocycles. The zero-order chi connectivity index (χ0) is 24.7. The van der Waals surface area contributed by atoms with Gasteiger partial charge in [0.05, 0.1) is 22.3 Å². The number of nitrogens with two attached hydrogens (primary N) is 2. The van der Waals surface area contributed by atoms with Crippen molar-refractivity contribution >= 4 is 22.3 Å². The highest BCUT2D eigenvalue weighted by atomic mass is 19.4. The van der Waals surface area contributed by atoms with Crippen molar-refractivity contribution in [2.24, 2.45) is 11.7 Å². The number of fused-ring (bicyclic) bond motifs is 1. The van der Waals surface area contributed by atoms with E-state index >= 15 is 4.39 Å². The number of hydrogen-bond donors (Lipinski definition) is 3. The van der Waals surface area contributed by atoms with Crippen LogP contribution in [0.4, 0.5) is 42.1 Å². The number of nitrogens with one attached hydrogen (secondary N) is 1. The predicted molar refractivity (Wildman–Crippen MR) is 106 cm³/mol. The van der Waals surface area contributed by atoms with Gasteiger partial charge in [-0.2, -0.15) is 26.3 Å². The van der Waals surface area contributed by atoms with E-state index in [0.717, 1.165) is 4.90 Å². The van der Waals surface area contributed by atoms with Crippen molar-refractivity contribution in [3.63, 3.8) is 0 Å². The van der Waals surface area contributed by atoms with Crippen LogP contribution in [0, 0.1) is 18.7 Å². The molecule has 2 heterocycles. The SMILES string of the molecule is Cc1c(N2CCC(C(N)(C(F)(F)F)C(F)(F)F)C2)c(F)c(N)c2c(=O)[nH]c(=O)n(C3CC3)c12. The minimum atomic E-state index is -5.79. The van der Waals surface area contributed by atoms with Gasteiger partial charge in [0.1, 0.15) is 0 Å². The molecule has 0 radical (unpaired) electrons. The Labute approximate surface area is 181 Å². The van der Waals surface area contributed by atoms with Crippen LogP contribution in [-0.2, 0) is 0 Å². The lowest BCUT2D eigenvalue weighted by atomic mass is 9.82. The Balaban J connectivity index is 1.88. The van der Waals surface area contributed by atoms with Gasteiger partial charge in [0.2, 0.25) is 5.54 Å². The zero-order valence-electron chi connectivity index (χ0n) is 17.2. The van der Waals surface area contributed by atoms with Crippen molar-refractivity contribution in [2.75, 3.05) is 23.7 Å². The number of nitrogen functional groups attached to an aromatic ring is 1. The molecule has 5 N–H and O–H groups in total. The van der Waals surface area contributed by atoms with Crippen LogP contribution in [0.15, 0.2) is 9.59 Å². The standard InChI is InChI=1S/C19H20F7N5O2/c1-7-13-10(15(32)29-16(33)31(13)9-2-3-9)12(27)11(20)14(7)30-5-4-8(6-30)17(28,18(21,22)23)19(24,25)26/h8-9H,2-6,27-28H2,1H3,(H,29,32,33). The highest BCUT2D eigenvalue weighted by molar-refractivity contribution is 5.97. The Kier molecular flexibility index (Phi) is 5.04. The van der Waals surface area contributed by atoms with Gasteiger partial charge in [0.15, 0.2) is 5.82 Å². The quantitative estimate of drug-likeness (QED) is 0.460. The summed E-state index contributed by atoms with van der Waals surface area (Å²) >= 11 is 0. The van der Waals surface area contributed by atoms with Gasteiger partial charge in [0.25, 0.3) is 5.56 Å². The molecule has 1 unspecified atom stereocenters. The molecule has 1 aromatic carbocycles. The summed E-state index contributed by atoms with van der Waals surface area (Å²) in [7, 11) is 0. The van der Waals surface area contributed by atoms with Gasteiger partial charge >= 0.3 is 18.0 Å². The number of anilines is 2. The van der Waals surface area contributed by atoms with E-state index in [1.54, 1.807) is 0 Å². The molecule has 1 saturated carbocycles. The van der Waals surface area contributed by atoms with E-state index < -0.39 is 59.5 Å². The van der Waals surface area contributed by atoms with E-state index in [0.29, 0.717) is 12.8 Å². The summed E-state index contributed by atoms with van der Waals surface area (Å²) < 4.78 is 97.0. The molecule has 1 aliphatic carbocycles. The topological polar surface area (TPSA) is 110 Å². The van der Waals surface area contributed by atoms with Crippen LogP contribution in [0.25, 0.3) is 10.9 Å². The Morgan fingerprint density at radius 3 is 2.12 bits per heavy atom. The molecule has 7 nitrogen and oxygen atoms in total. The van der Waals surface area contributed by atoms with E-state index in [4.69, 9.17) is 11.5 Å². The summed E-state index contributed by atoms with van der Waals surface area (Å²) in [6.07, 6.45) is -11.0. The van der Waals surface area contributed by atoms with Crippen LogP contribution in [0.2, 0.25) is 0 Å². The van der Waals surface area contributed by atoms with Gasteiger partial charge in [-0.25, -0.2) is 9.18 Å². The summed E-state index contributed by atoms with van der Waals surface area (Å²) in [6, 6.07) is -0.285. The molecule has 2 fully saturated rings. The van der Waals surface area contributed by atoms with E-state index in [1.807, 2.05) is 0 Å². The van der Waals surface area contributed by atoms with Gasteiger partial charge in [-0.3, -0.25) is 14.3 Å². The highest BCUT2D eigenvalue weighted by Crippen LogP contribution is 2.50. The number of halogens is 7. The van der Waals surface area contributed by atoms with E-state index in [1.165, 1.54) is 11.5 Å². The van der Waals surface area contributed by atoms with E-state index in [9.17, 15) is 35.9 Å². The number of H-pyrrole nitrogens is 1. The first-order valence-electron chi connectivity index (χ1n) is 10.0. The van der Waals surface area contributed by atoms with Crippen LogP contribution in [0.5, 0.6) is 0 Å². The predicted octanol–water partition coefficient (Wildman–Crippen LogP) is 2.70. The third kappa shape index (κ3) is 3.28. The Bertz CT molecular complexity index is 1230. The number of alkyl halides is 6. The van der Waals surface area contributed by atoms with Crippen LogP contribution in [-0.4, -0.2) is 40.5 Å². The van der Waals surface area contributed by atoms with Gasteiger partial charge in [-0.1, -0.05) is 0 Å². The maximum absolute atomic E-state index is 15.3. The van der Waals surface area contributed by atoms with Crippen molar-refractivity contribution in [1.29, 1.82) is 0 Å². The average molecular weight is 483 g/mol. The van der Waals surface area contributed by atoms with Crippen LogP contribution in [0.1, 0.15) is 30.9 Å². The molecule has 1 saturated heterocycles. The first-order valence-corrected chi connectivity index (χ1v) is 10.0. The van der Waals surface area contributed by atoms with Crippen LogP contribution >= 0.6 is 0 Å². The lowest BCUT2D eigenvalue weighted by molar-refractivity contribution is -0.309. The molecule has 0 bridgehead atoms. The maximum atomic E-state index is 15.3. The molecular weight excluding hydrogens is 463 g/mol. The third-order valence-corrected chi connectivity index (χ3v) is 6.57. The fraction of sp³-hybridized carbons (Fsp3) is 0.579. The van der Waals surface area contributed by atoms with Crippen molar-refractivity contribution < 1.29 is 30.7 Å². The fourth-order valence-electron chi connectivity index (χ4n) is 4.70. The molecular formula is C19H20F7N5O2. The lowest BCUT2D eigenvalue weighted by Gasteiger charge is -2.38. The Hall–Kier alpha value is -2.77. The highest BCUT2D eigenvalue weighted by Gasteiger charge is 2.72. The minimum Gasteiger partial charge on any atom is -0.396 e. The molecule has 2 aliphatic rings. The Morgan fingerprint density at radius 1 is 1.03 bits per heavy atom. The number of benzene rings is 1. The summed E-state index contributed by atoms with van der Waals surface area (Å²) in [6.45, 7) is 0.124. The largest absolute Gasteiger partial charge is 0.415 e. The second kappa shape index (κ2) is 7.11. The molecule has 0 amide bonds. The fourth-order valence-corrected chi connectivity index (χ4v) is 4.70. The number of hydrogen-bond acceptors (Lipinski definition) is 5. The Morgan fingerprint density at radius 2 is 1.61 bits per heavy atom. The number of aromatic amines is 1. The lowest BCUT2D eigenvalue weighted by Crippen LogP contribution is -2.68. The molecule has 182 valence electrons. The van der Waals surface area contributed by atoms with Gasteiger partial charge < -0.3 is 16.4 Å². The maximum Gasteiger partial charge on any atom is 0.415 e. The molecule has 2 aromatic rings. The third-order valence-electron chi connectivity index (χ3n) is 6.57. The monoisotopic (exact) mass is 483 g/mol. The minimum absolute atomic E-state index is 0.00857. The molecule has 14 heteroatoms. The summed E-state index contributed by atoms with van der Waals surface area (Å²) in [5.41, 5.74) is 3.60. The molecule has 1 atom stereocenters. The normalized spacial score (nSPS) is 20.2. The first-order chi connectivity index (χ1) is 15.1. The first kappa shape index (κ1) is 23.4. The summed E-state index contributed by atoms with van der Waals surface area (Å²) in [4.78, 5) is 27.9. The van der Waals surface area contributed by atoms with E-state index in [2.05, 4.69) is 4.98 Å². The second-order valence-electron chi connectivity index (χ2n) is 8.58. The second-order valence-corrected chi connectivity index (χ2v) is 8.58. The van der Waals surface area contributed by atoms with Crippen molar-refractivity contribution in [2.45, 2.75) is 50.1 Å². The van der Waals surface area contributed by atoms with Crippen molar-refractivity contribution in [1.82, 2.24) is 9.55 Å². The van der Waals surface area contributed by atoms with Crippen molar-refractivity contribution in [3.8, 4) is 0 Å². The molecule has 1 aromatic heterocycles. The number of nitrogens with zero attached hydrogens (tertiary/aromatic N) is 2. The number of aromatic nitrogens is 2. The van der Waals surface area contributed by atoms with Gasteiger partial charge in [0, 0.05) is 30.6 Å². The van der Waals surface area contributed by atoms with Crippen molar-refractivity contribution in [3.05, 3.63) is 32.2 Å². The van der Waals surface area contributed by atoms with Gasteiger partial charge in [-0.05, 0) is 26.2 Å². The number of aryl methyl sites for hydroxylation is 1. The summed E-state index contributed by atoms with van der Waals surface area (Å²) in [5.74, 6) is -3.27. The summed E-state index contributed by atoms with van der Waals surface area (Å²) in [5, 5.41) is -0.297. The number of rotatable bonds is 3. The average Bonchev–Trinajstić information content (AvgIpc) is 3.40. The van der Waals surface area contributed by atoms with E-state index in [-0.39, 0.29) is 34.7 Å². The van der Waals surface area contributed by atoms with Crippen LogP contribution in [0.3, 0.4) is 0 Å². The molecule has 33 heavy (non-hydrogen) atoms. The van der Waals surface area contributed by atoms with Gasteiger partial charge in [-0.15, -0.1) is 0 Å².